The maximum absolute atomic E-state index is 13.7. The van der Waals surface area contributed by atoms with E-state index in [-0.39, 0.29) is 5.91 Å². The minimum Gasteiger partial charge on any atom is -0.497 e. The third-order valence-corrected chi connectivity index (χ3v) is 6.81. The van der Waals surface area contributed by atoms with Crippen LogP contribution in [0.15, 0.2) is 91.0 Å². The van der Waals surface area contributed by atoms with Crippen LogP contribution in [0, 0.1) is 0 Å². The monoisotopic (exact) mass is 489 g/mol. The summed E-state index contributed by atoms with van der Waals surface area (Å²) in [6, 6.07) is 29.8. The van der Waals surface area contributed by atoms with Gasteiger partial charge in [0.15, 0.2) is 0 Å². The summed E-state index contributed by atoms with van der Waals surface area (Å²) in [5.74, 6) is 0.659. The largest absolute Gasteiger partial charge is 0.497 e. The van der Waals surface area contributed by atoms with E-state index in [1.165, 1.54) is 0 Å². The molecule has 0 atom stereocenters. The predicted octanol–water partition coefficient (Wildman–Crippen LogP) is 6.15. The topological polar surface area (TPSA) is 63.7 Å². The normalized spacial score (nSPS) is 13.6. The molecule has 1 amide bonds. The first-order chi connectivity index (χ1) is 18.2. The van der Waals surface area contributed by atoms with Crippen molar-refractivity contribution in [1.82, 2.24) is 4.98 Å². The molecule has 0 unspecified atom stereocenters. The summed E-state index contributed by atoms with van der Waals surface area (Å²) in [6.07, 6.45) is 0. The number of ether oxygens (including phenoxy) is 2. The molecule has 0 saturated carbocycles. The number of nitrogens with one attached hydrogen (secondary N) is 1. The van der Waals surface area contributed by atoms with Crippen LogP contribution in [0.1, 0.15) is 10.4 Å². The Hall–Kier alpha value is -4.42. The van der Waals surface area contributed by atoms with Crippen LogP contribution in [0.2, 0.25) is 0 Å². The number of morpholine rings is 1. The Morgan fingerprint density at radius 2 is 1.65 bits per heavy atom. The summed E-state index contributed by atoms with van der Waals surface area (Å²) in [7, 11) is 1.67. The Labute approximate surface area is 215 Å². The van der Waals surface area contributed by atoms with E-state index in [0.717, 1.165) is 63.1 Å². The van der Waals surface area contributed by atoms with Crippen LogP contribution in [0.4, 0.5) is 11.4 Å². The van der Waals surface area contributed by atoms with Gasteiger partial charge in [-0.25, -0.2) is 4.98 Å². The second-order valence-electron chi connectivity index (χ2n) is 9.07. The number of methoxy groups -OCH3 is 1. The highest BCUT2D eigenvalue weighted by Crippen LogP contribution is 2.31. The van der Waals surface area contributed by atoms with Gasteiger partial charge < -0.3 is 19.7 Å². The Morgan fingerprint density at radius 1 is 0.892 bits per heavy atom. The molecule has 6 heteroatoms. The summed E-state index contributed by atoms with van der Waals surface area (Å²) in [6.45, 7) is 2.95. The molecule has 1 aromatic heterocycles. The van der Waals surface area contributed by atoms with Crippen molar-refractivity contribution in [3.8, 4) is 17.0 Å². The minimum atomic E-state index is -0.161. The molecular formula is C31H27N3O3. The molecular weight excluding hydrogens is 462 g/mol. The van der Waals surface area contributed by atoms with E-state index in [1.54, 1.807) is 7.11 Å². The second-order valence-corrected chi connectivity index (χ2v) is 9.07. The molecule has 0 radical (unpaired) electrons. The molecule has 1 fully saturated rings. The number of pyridine rings is 1. The zero-order valence-electron chi connectivity index (χ0n) is 20.6. The van der Waals surface area contributed by atoms with Crippen molar-refractivity contribution < 1.29 is 14.3 Å². The second kappa shape index (κ2) is 9.91. The molecule has 6 rings (SSSR count). The minimum absolute atomic E-state index is 0.161. The number of aromatic nitrogens is 1. The van der Waals surface area contributed by atoms with Crippen molar-refractivity contribution in [2.45, 2.75) is 0 Å². The molecule has 1 aliphatic rings. The summed E-state index contributed by atoms with van der Waals surface area (Å²) in [5, 5.41) is 6.16. The van der Waals surface area contributed by atoms with Crippen LogP contribution in [-0.2, 0) is 4.74 Å². The number of carbonyl (C=O) groups is 1. The number of carbonyl (C=O) groups excluding carboxylic acids is 1. The SMILES string of the molecule is COc1ccc2cc(-c3cc(C(=O)Nc4ccccc4N4CCOCC4)c4ccccc4n3)ccc2c1. The Balaban J connectivity index is 1.39. The highest BCUT2D eigenvalue weighted by Gasteiger charge is 2.19. The molecule has 37 heavy (non-hydrogen) atoms. The number of amides is 1. The van der Waals surface area contributed by atoms with Gasteiger partial charge in [-0.2, -0.15) is 0 Å². The number of hydrogen-bond acceptors (Lipinski definition) is 5. The van der Waals surface area contributed by atoms with Gasteiger partial charge in [0.1, 0.15) is 5.75 Å². The molecule has 2 heterocycles. The number of rotatable bonds is 5. The third kappa shape index (κ3) is 4.59. The van der Waals surface area contributed by atoms with E-state index in [4.69, 9.17) is 14.5 Å². The molecule has 0 bridgehead atoms. The lowest BCUT2D eigenvalue weighted by molar-refractivity contribution is 0.102. The van der Waals surface area contributed by atoms with Gasteiger partial charge in [0, 0.05) is 24.0 Å². The van der Waals surface area contributed by atoms with E-state index in [0.29, 0.717) is 18.8 Å². The summed E-state index contributed by atoms with van der Waals surface area (Å²) < 4.78 is 10.9. The number of hydrogen-bond donors (Lipinski definition) is 1. The standard InChI is InChI=1S/C31H27N3O3/c1-36-24-13-12-21-18-23(11-10-22(21)19-24)29-20-26(25-6-2-3-7-27(25)32-29)31(35)33-28-8-4-5-9-30(28)34-14-16-37-17-15-34/h2-13,18-20H,14-17H2,1H3,(H,33,35). The highest BCUT2D eigenvalue weighted by molar-refractivity contribution is 6.14. The number of fused-ring (bicyclic) bond motifs is 2. The third-order valence-electron chi connectivity index (χ3n) is 6.81. The van der Waals surface area contributed by atoms with Crippen LogP contribution in [0.25, 0.3) is 32.9 Å². The number of anilines is 2. The quantitative estimate of drug-likeness (QED) is 0.321. The molecule has 1 saturated heterocycles. The Bertz CT molecular complexity index is 1610. The van der Waals surface area contributed by atoms with Crippen LogP contribution in [-0.4, -0.2) is 44.3 Å². The number of nitrogens with zero attached hydrogens (tertiary/aromatic N) is 2. The number of para-hydroxylation sites is 3. The zero-order chi connectivity index (χ0) is 25.2. The Kier molecular flexibility index (Phi) is 6.16. The number of benzene rings is 4. The van der Waals surface area contributed by atoms with E-state index in [1.807, 2.05) is 78.9 Å². The first-order valence-electron chi connectivity index (χ1n) is 12.4. The lowest BCUT2D eigenvalue weighted by atomic mass is 10.0. The lowest BCUT2D eigenvalue weighted by Gasteiger charge is -2.30. The van der Waals surface area contributed by atoms with E-state index >= 15 is 0 Å². The van der Waals surface area contributed by atoms with E-state index < -0.39 is 0 Å². The highest BCUT2D eigenvalue weighted by atomic mass is 16.5. The molecule has 0 aliphatic carbocycles. The average Bonchev–Trinajstić information content (AvgIpc) is 2.96. The van der Waals surface area contributed by atoms with Crippen LogP contribution < -0.4 is 15.0 Å². The first-order valence-corrected chi connectivity index (χ1v) is 12.4. The van der Waals surface area contributed by atoms with E-state index in [2.05, 4.69) is 22.3 Å². The maximum atomic E-state index is 13.7. The van der Waals surface area contributed by atoms with Gasteiger partial charge in [0.25, 0.3) is 5.91 Å². The molecule has 5 aromatic rings. The maximum Gasteiger partial charge on any atom is 0.256 e. The first kappa shape index (κ1) is 23.0. The zero-order valence-corrected chi connectivity index (χ0v) is 20.6. The Morgan fingerprint density at radius 3 is 2.51 bits per heavy atom. The molecule has 4 aromatic carbocycles. The van der Waals surface area contributed by atoms with Crippen molar-refractivity contribution in [3.63, 3.8) is 0 Å². The van der Waals surface area contributed by atoms with Gasteiger partial charge in [0.2, 0.25) is 0 Å². The van der Waals surface area contributed by atoms with Crippen molar-refractivity contribution in [3.05, 3.63) is 96.6 Å². The molecule has 1 N–H and O–H groups in total. The van der Waals surface area contributed by atoms with Crippen LogP contribution in [0.5, 0.6) is 5.75 Å². The van der Waals surface area contributed by atoms with Crippen molar-refractivity contribution in [1.29, 1.82) is 0 Å². The van der Waals surface area contributed by atoms with Crippen LogP contribution in [0.3, 0.4) is 0 Å². The van der Waals surface area contributed by atoms with E-state index in [9.17, 15) is 4.79 Å². The summed E-state index contributed by atoms with van der Waals surface area (Å²) >= 11 is 0. The predicted molar refractivity (Wildman–Crippen MR) is 149 cm³/mol. The fraction of sp³-hybridized carbons (Fsp3) is 0.161. The van der Waals surface area contributed by atoms with Gasteiger partial charge in [-0.1, -0.05) is 48.5 Å². The van der Waals surface area contributed by atoms with Gasteiger partial charge in [-0.05, 0) is 53.2 Å². The molecule has 184 valence electrons. The van der Waals surface area contributed by atoms with Gasteiger partial charge in [0.05, 0.1) is 48.5 Å². The lowest BCUT2D eigenvalue weighted by Crippen LogP contribution is -2.36. The van der Waals surface area contributed by atoms with Crippen molar-refractivity contribution in [2.24, 2.45) is 0 Å². The summed E-state index contributed by atoms with van der Waals surface area (Å²) in [5.41, 5.74) is 4.86. The molecule has 0 spiro atoms. The van der Waals surface area contributed by atoms with Crippen molar-refractivity contribution >= 4 is 39.0 Å². The fourth-order valence-electron chi connectivity index (χ4n) is 4.87. The van der Waals surface area contributed by atoms with Gasteiger partial charge >= 0.3 is 0 Å². The van der Waals surface area contributed by atoms with Crippen LogP contribution >= 0.6 is 0 Å². The van der Waals surface area contributed by atoms with Gasteiger partial charge in [-0.15, -0.1) is 0 Å². The van der Waals surface area contributed by atoms with Gasteiger partial charge in [-0.3, -0.25) is 4.79 Å². The smallest absolute Gasteiger partial charge is 0.256 e. The average molecular weight is 490 g/mol. The van der Waals surface area contributed by atoms with Crippen molar-refractivity contribution in [2.75, 3.05) is 43.6 Å². The fourth-order valence-corrected chi connectivity index (χ4v) is 4.87. The molecule has 1 aliphatic heterocycles. The molecule has 6 nitrogen and oxygen atoms in total. The summed E-state index contributed by atoms with van der Waals surface area (Å²) in [4.78, 5) is 20.9.